The summed E-state index contributed by atoms with van der Waals surface area (Å²) in [5.41, 5.74) is 0. The number of hydrogen-bond acceptors (Lipinski definition) is 4. The summed E-state index contributed by atoms with van der Waals surface area (Å²) in [6.07, 6.45) is 5.86. The summed E-state index contributed by atoms with van der Waals surface area (Å²) in [4.78, 5) is 11.6. The fourth-order valence-electron chi connectivity index (χ4n) is 1.18. The van der Waals surface area contributed by atoms with Gasteiger partial charge in [-0.2, -0.15) is 8.42 Å². The van der Waals surface area contributed by atoms with Gasteiger partial charge in [0.1, 0.15) is 5.92 Å². The quantitative estimate of drug-likeness (QED) is 0.516. The predicted octanol–water partition coefficient (Wildman–Crippen LogP) is 0.732. The van der Waals surface area contributed by atoms with E-state index in [1.54, 1.807) is 26.0 Å². The molecule has 0 saturated heterocycles. The molecule has 1 rings (SSSR count). The fraction of sp³-hybridized carbons (Fsp3) is 0.400. The fourth-order valence-corrected chi connectivity index (χ4v) is 1.76. The third kappa shape index (κ3) is 3.06. The lowest BCUT2D eigenvalue weighted by atomic mass is 10.0. The maximum atomic E-state index is 11.5. The van der Waals surface area contributed by atoms with Crippen LogP contribution in [0.2, 0.25) is 0 Å². The van der Waals surface area contributed by atoms with Gasteiger partial charge in [0.15, 0.2) is 0 Å². The third-order valence-corrected chi connectivity index (χ3v) is 2.55. The first-order valence-electron chi connectivity index (χ1n) is 4.54. The normalized spacial score (nSPS) is 19.4. The Bertz CT molecular complexity index is 432. The van der Waals surface area contributed by atoms with E-state index in [1.807, 2.05) is 0 Å². The molecule has 0 amide bonds. The van der Waals surface area contributed by atoms with Crippen molar-refractivity contribution in [3.8, 4) is 0 Å². The van der Waals surface area contributed by atoms with Crippen molar-refractivity contribution in [3.05, 3.63) is 24.3 Å². The molecule has 0 aromatic rings. The van der Waals surface area contributed by atoms with Crippen LogP contribution in [-0.4, -0.2) is 25.4 Å². The molecule has 1 aliphatic rings. The number of hydrogen-bond donors (Lipinski definition) is 0. The SMILES string of the molecule is CC(C)OC(=O)C1C=CC=CC1=S(=O)=O. The molecular formula is C10H12O4S. The van der Waals surface area contributed by atoms with Crippen LogP contribution < -0.4 is 0 Å². The van der Waals surface area contributed by atoms with Gasteiger partial charge in [0.2, 0.25) is 10.3 Å². The molecule has 15 heavy (non-hydrogen) atoms. The van der Waals surface area contributed by atoms with Crippen LogP contribution in [0, 0.1) is 5.92 Å². The van der Waals surface area contributed by atoms with Crippen molar-refractivity contribution in [1.82, 2.24) is 0 Å². The molecule has 0 aromatic heterocycles. The van der Waals surface area contributed by atoms with Gasteiger partial charge in [-0.1, -0.05) is 18.2 Å². The van der Waals surface area contributed by atoms with Gasteiger partial charge in [-0.25, -0.2) is 0 Å². The molecule has 0 heterocycles. The summed E-state index contributed by atoms with van der Waals surface area (Å²) in [6, 6.07) is 0. The van der Waals surface area contributed by atoms with Gasteiger partial charge in [-0.05, 0) is 19.9 Å². The first-order chi connectivity index (χ1) is 7.02. The Kier molecular flexibility index (Phi) is 3.85. The van der Waals surface area contributed by atoms with Gasteiger partial charge in [-0.15, -0.1) is 0 Å². The van der Waals surface area contributed by atoms with Gasteiger partial charge in [0.05, 0.1) is 11.0 Å². The highest BCUT2D eigenvalue weighted by Gasteiger charge is 2.24. The largest absolute Gasteiger partial charge is 0.462 e. The lowest BCUT2D eigenvalue weighted by Crippen LogP contribution is -2.27. The second-order valence-electron chi connectivity index (χ2n) is 3.34. The average Bonchev–Trinajstić information content (AvgIpc) is 2.16. The summed E-state index contributed by atoms with van der Waals surface area (Å²) in [6.45, 7) is 3.43. The second kappa shape index (κ2) is 4.93. The van der Waals surface area contributed by atoms with Gasteiger partial charge >= 0.3 is 5.97 Å². The number of esters is 1. The molecule has 0 bridgehead atoms. The Morgan fingerprint density at radius 1 is 1.40 bits per heavy atom. The van der Waals surface area contributed by atoms with E-state index in [1.165, 1.54) is 12.2 Å². The lowest BCUT2D eigenvalue weighted by Gasteiger charge is -2.14. The maximum Gasteiger partial charge on any atom is 0.318 e. The highest BCUT2D eigenvalue weighted by atomic mass is 32.2. The van der Waals surface area contributed by atoms with Crippen LogP contribution in [0.4, 0.5) is 0 Å². The van der Waals surface area contributed by atoms with Crippen molar-refractivity contribution < 1.29 is 17.9 Å². The zero-order chi connectivity index (χ0) is 11.4. The molecule has 0 aliphatic heterocycles. The van der Waals surface area contributed by atoms with Crippen LogP contribution in [0.5, 0.6) is 0 Å². The van der Waals surface area contributed by atoms with Crippen LogP contribution in [-0.2, 0) is 19.8 Å². The Morgan fingerprint density at radius 3 is 2.60 bits per heavy atom. The Labute approximate surface area is 89.8 Å². The minimum absolute atomic E-state index is 0.0446. The average molecular weight is 228 g/mol. The zero-order valence-electron chi connectivity index (χ0n) is 8.51. The summed E-state index contributed by atoms with van der Waals surface area (Å²) in [5.74, 6) is -1.35. The molecule has 0 aromatic carbocycles. The van der Waals surface area contributed by atoms with E-state index in [-0.39, 0.29) is 11.0 Å². The van der Waals surface area contributed by atoms with Crippen LogP contribution >= 0.6 is 0 Å². The molecule has 82 valence electrons. The Hall–Kier alpha value is -1.36. The van der Waals surface area contributed by atoms with Crippen LogP contribution in [0.25, 0.3) is 0 Å². The molecule has 0 saturated carbocycles. The number of carbonyl (C=O) groups excluding carboxylic acids is 1. The van der Waals surface area contributed by atoms with Crippen molar-refractivity contribution in [1.29, 1.82) is 0 Å². The van der Waals surface area contributed by atoms with Crippen molar-refractivity contribution in [2.45, 2.75) is 20.0 Å². The summed E-state index contributed by atoms with van der Waals surface area (Å²) in [5, 5.41) is 0. The van der Waals surface area contributed by atoms with Gasteiger partial charge < -0.3 is 4.74 Å². The van der Waals surface area contributed by atoms with E-state index >= 15 is 0 Å². The molecule has 1 unspecified atom stereocenters. The molecule has 1 aliphatic carbocycles. The summed E-state index contributed by atoms with van der Waals surface area (Å²) < 4.78 is 26.6. The maximum absolute atomic E-state index is 11.5. The predicted molar refractivity (Wildman–Crippen MR) is 56.9 cm³/mol. The summed E-state index contributed by atoms with van der Waals surface area (Å²) >= 11 is 0. The second-order valence-corrected chi connectivity index (χ2v) is 4.29. The molecule has 0 fully saturated rings. The minimum atomic E-state index is -2.39. The lowest BCUT2D eigenvalue weighted by molar-refractivity contribution is -0.148. The van der Waals surface area contributed by atoms with E-state index in [0.717, 1.165) is 0 Å². The molecule has 1 atom stereocenters. The van der Waals surface area contributed by atoms with Crippen molar-refractivity contribution in [2.75, 3.05) is 0 Å². The summed E-state index contributed by atoms with van der Waals surface area (Å²) in [7, 11) is -2.39. The standard InChI is InChI=1S/C10H12O4S/c1-7(2)14-10(11)8-5-3-4-6-9(8)15(12)13/h3-8H,1-2H3. The van der Waals surface area contributed by atoms with E-state index < -0.39 is 22.2 Å². The number of allylic oxidation sites excluding steroid dienone is 3. The minimum Gasteiger partial charge on any atom is -0.462 e. The Morgan fingerprint density at radius 2 is 2.07 bits per heavy atom. The highest BCUT2D eigenvalue weighted by molar-refractivity contribution is 7.73. The topological polar surface area (TPSA) is 60.4 Å². The van der Waals surface area contributed by atoms with E-state index in [9.17, 15) is 13.2 Å². The first kappa shape index (κ1) is 11.7. The molecular weight excluding hydrogens is 216 g/mol. The van der Waals surface area contributed by atoms with Crippen LogP contribution in [0.1, 0.15) is 13.8 Å². The van der Waals surface area contributed by atoms with Crippen molar-refractivity contribution >= 4 is 21.1 Å². The number of ether oxygens (including phenoxy) is 1. The van der Waals surface area contributed by atoms with Crippen LogP contribution in [0.15, 0.2) is 24.3 Å². The van der Waals surface area contributed by atoms with Gasteiger partial charge in [0, 0.05) is 0 Å². The van der Waals surface area contributed by atoms with Crippen molar-refractivity contribution in [2.24, 2.45) is 5.92 Å². The Balaban J connectivity index is 2.95. The molecule has 4 nitrogen and oxygen atoms in total. The van der Waals surface area contributed by atoms with E-state index in [0.29, 0.717) is 0 Å². The smallest absolute Gasteiger partial charge is 0.318 e. The van der Waals surface area contributed by atoms with Crippen molar-refractivity contribution in [3.63, 3.8) is 0 Å². The third-order valence-electron chi connectivity index (χ3n) is 1.78. The molecule has 0 radical (unpaired) electrons. The number of rotatable bonds is 2. The van der Waals surface area contributed by atoms with Gasteiger partial charge in [-0.3, -0.25) is 4.79 Å². The van der Waals surface area contributed by atoms with Crippen LogP contribution in [0.3, 0.4) is 0 Å². The first-order valence-corrected chi connectivity index (χ1v) is 5.61. The molecule has 0 N–H and O–H groups in total. The van der Waals surface area contributed by atoms with E-state index in [2.05, 4.69) is 0 Å². The highest BCUT2D eigenvalue weighted by Crippen LogP contribution is 2.11. The molecule has 0 spiro atoms. The monoisotopic (exact) mass is 228 g/mol. The van der Waals surface area contributed by atoms with E-state index in [4.69, 9.17) is 4.74 Å². The zero-order valence-corrected chi connectivity index (χ0v) is 9.32. The van der Waals surface area contributed by atoms with Gasteiger partial charge in [0.25, 0.3) is 0 Å². The molecule has 5 heteroatoms. The number of carbonyl (C=O) groups is 1.